The van der Waals surface area contributed by atoms with Gasteiger partial charge in [-0.05, 0) is 30.9 Å². The van der Waals surface area contributed by atoms with E-state index in [9.17, 15) is 4.79 Å². The number of anilines is 1. The second-order valence-electron chi connectivity index (χ2n) is 6.27. The summed E-state index contributed by atoms with van der Waals surface area (Å²) in [5.41, 5.74) is 2.46. The number of nitrogens with zero attached hydrogens (tertiary/aromatic N) is 1. The lowest BCUT2D eigenvalue weighted by Gasteiger charge is -2.34. The van der Waals surface area contributed by atoms with Gasteiger partial charge in [-0.3, -0.25) is 0 Å². The zero-order valence-corrected chi connectivity index (χ0v) is 12.8. The van der Waals surface area contributed by atoms with Gasteiger partial charge >= 0.3 is 6.03 Å². The van der Waals surface area contributed by atoms with Crippen LogP contribution >= 0.6 is 0 Å². The van der Waals surface area contributed by atoms with Crippen molar-refractivity contribution in [3.05, 3.63) is 29.8 Å². The van der Waals surface area contributed by atoms with Gasteiger partial charge in [-0.15, -0.1) is 0 Å². The number of nitrogens with one attached hydrogen (secondary N) is 2. The molecule has 2 N–H and O–H groups in total. The monoisotopic (exact) mass is 287 g/mol. The minimum Gasteiger partial charge on any atom is -0.374 e. The molecule has 2 aliphatic rings. The van der Waals surface area contributed by atoms with Crippen molar-refractivity contribution in [2.24, 2.45) is 0 Å². The molecule has 0 aromatic heterocycles. The Hall–Kier alpha value is -1.71. The third kappa shape index (κ3) is 3.31. The molecule has 1 aliphatic carbocycles. The molecular weight excluding hydrogens is 262 g/mol. The molecule has 0 bridgehead atoms. The Morgan fingerprint density at radius 1 is 1.10 bits per heavy atom. The van der Waals surface area contributed by atoms with Gasteiger partial charge in [0.05, 0.1) is 6.04 Å². The molecule has 4 heteroatoms. The van der Waals surface area contributed by atoms with Gasteiger partial charge in [0.15, 0.2) is 0 Å². The van der Waals surface area contributed by atoms with Crippen LogP contribution in [0.4, 0.5) is 10.5 Å². The van der Waals surface area contributed by atoms with E-state index in [-0.39, 0.29) is 12.1 Å². The van der Waals surface area contributed by atoms with Gasteiger partial charge < -0.3 is 15.5 Å². The van der Waals surface area contributed by atoms with E-state index >= 15 is 0 Å². The first-order chi connectivity index (χ1) is 10.2. The van der Waals surface area contributed by atoms with Crippen molar-refractivity contribution >= 4 is 11.7 Å². The predicted octanol–water partition coefficient (Wildman–Crippen LogP) is 3.20. The van der Waals surface area contributed by atoms with Crippen molar-refractivity contribution < 1.29 is 4.79 Å². The third-order valence-electron chi connectivity index (χ3n) is 4.72. The van der Waals surface area contributed by atoms with Crippen molar-refractivity contribution in [2.75, 3.05) is 18.5 Å². The lowest BCUT2D eigenvalue weighted by atomic mass is 9.95. The van der Waals surface area contributed by atoms with Crippen LogP contribution in [-0.4, -0.2) is 25.7 Å². The number of rotatable bonds is 2. The Balaban J connectivity index is 1.62. The second kappa shape index (κ2) is 6.37. The molecule has 0 saturated heterocycles. The molecule has 0 radical (unpaired) electrons. The lowest BCUT2D eigenvalue weighted by molar-refractivity contribution is 0.228. The average molecular weight is 287 g/mol. The van der Waals surface area contributed by atoms with E-state index < -0.39 is 0 Å². The van der Waals surface area contributed by atoms with Gasteiger partial charge in [0.2, 0.25) is 0 Å². The molecule has 1 unspecified atom stereocenters. The minimum absolute atomic E-state index is 0.00810. The van der Waals surface area contributed by atoms with Crippen LogP contribution in [0.3, 0.4) is 0 Å². The summed E-state index contributed by atoms with van der Waals surface area (Å²) < 4.78 is 0. The zero-order chi connectivity index (χ0) is 14.7. The predicted molar refractivity (Wildman–Crippen MR) is 85.6 cm³/mol. The molecule has 1 fully saturated rings. The summed E-state index contributed by atoms with van der Waals surface area (Å²) >= 11 is 0. The van der Waals surface area contributed by atoms with Gasteiger partial charge in [-0.1, -0.05) is 37.5 Å². The largest absolute Gasteiger partial charge is 0.374 e. The summed E-state index contributed by atoms with van der Waals surface area (Å²) in [6.45, 7) is 0.978. The van der Waals surface area contributed by atoms with Gasteiger partial charge in [0.1, 0.15) is 0 Å². The fourth-order valence-corrected chi connectivity index (χ4v) is 3.51. The highest BCUT2D eigenvalue weighted by molar-refractivity contribution is 5.75. The highest BCUT2D eigenvalue weighted by atomic mass is 16.2. The number of carbonyl (C=O) groups is 1. The topological polar surface area (TPSA) is 44.4 Å². The van der Waals surface area contributed by atoms with Crippen LogP contribution in [0.25, 0.3) is 0 Å². The summed E-state index contributed by atoms with van der Waals surface area (Å²) in [6, 6.07) is 8.83. The molecule has 1 saturated carbocycles. The molecule has 1 aromatic rings. The SMILES string of the molecule is CN1CCC(NC(=O)NC2CCCCC2)c2ccccc21. The van der Waals surface area contributed by atoms with Crippen LogP contribution < -0.4 is 15.5 Å². The summed E-state index contributed by atoms with van der Waals surface area (Å²) in [7, 11) is 2.11. The number of fused-ring (bicyclic) bond motifs is 1. The maximum Gasteiger partial charge on any atom is 0.315 e. The third-order valence-corrected chi connectivity index (χ3v) is 4.72. The summed E-state index contributed by atoms with van der Waals surface area (Å²) in [6.07, 6.45) is 6.99. The molecule has 114 valence electrons. The fraction of sp³-hybridized carbons (Fsp3) is 0.588. The van der Waals surface area contributed by atoms with Crippen LogP contribution in [-0.2, 0) is 0 Å². The van der Waals surface area contributed by atoms with Crippen molar-refractivity contribution in [1.29, 1.82) is 0 Å². The first-order valence-corrected chi connectivity index (χ1v) is 8.11. The summed E-state index contributed by atoms with van der Waals surface area (Å²) in [4.78, 5) is 14.5. The van der Waals surface area contributed by atoms with E-state index in [0.717, 1.165) is 25.8 Å². The van der Waals surface area contributed by atoms with Crippen LogP contribution in [0.15, 0.2) is 24.3 Å². The van der Waals surface area contributed by atoms with Crippen molar-refractivity contribution in [1.82, 2.24) is 10.6 Å². The van der Waals surface area contributed by atoms with E-state index in [4.69, 9.17) is 0 Å². The normalized spacial score (nSPS) is 22.5. The minimum atomic E-state index is -0.00810. The molecule has 0 spiro atoms. The van der Waals surface area contributed by atoms with E-state index in [0.29, 0.717) is 6.04 Å². The Kier molecular flexibility index (Phi) is 4.32. The molecule has 1 aliphatic heterocycles. The van der Waals surface area contributed by atoms with E-state index in [2.05, 4.69) is 40.8 Å². The molecule has 21 heavy (non-hydrogen) atoms. The quantitative estimate of drug-likeness (QED) is 0.877. The Morgan fingerprint density at radius 3 is 2.67 bits per heavy atom. The van der Waals surface area contributed by atoms with Crippen LogP contribution in [0.5, 0.6) is 0 Å². The first-order valence-electron chi connectivity index (χ1n) is 8.11. The highest BCUT2D eigenvalue weighted by Gasteiger charge is 2.25. The first kappa shape index (κ1) is 14.2. The molecule has 1 atom stereocenters. The number of benzene rings is 1. The number of hydrogen-bond acceptors (Lipinski definition) is 2. The number of urea groups is 1. The number of para-hydroxylation sites is 1. The number of hydrogen-bond donors (Lipinski definition) is 2. The molecule has 3 rings (SSSR count). The molecule has 2 amide bonds. The van der Waals surface area contributed by atoms with Gasteiger partial charge in [-0.2, -0.15) is 0 Å². The van der Waals surface area contributed by atoms with Crippen LogP contribution in [0.1, 0.15) is 50.1 Å². The van der Waals surface area contributed by atoms with Crippen molar-refractivity contribution in [2.45, 2.75) is 50.6 Å². The Morgan fingerprint density at radius 2 is 1.86 bits per heavy atom. The molecule has 4 nitrogen and oxygen atoms in total. The van der Waals surface area contributed by atoms with Crippen molar-refractivity contribution in [3.63, 3.8) is 0 Å². The maximum atomic E-state index is 12.2. The Labute approximate surface area is 126 Å². The van der Waals surface area contributed by atoms with E-state index in [1.54, 1.807) is 0 Å². The summed E-state index contributed by atoms with van der Waals surface area (Å²) in [5, 5.41) is 6.31. The molecule has 1 heterocycles. The van der Waals surface area contributed by atoms with E-state index in [1.807, 2.05) is 6.07 Å². The second-order valence-corrected chi connectivity index (χ2v) is 6.27. The van der Waals surface area contributed by atoms with Crippen LogP contribution in [0, 0.1) is 0 Å². The smallest absolute Gasteiger partial charge is 0.315 e. The maximum absolute atomic E-state index is 12.2. The fourth-order valence-electron chi connectivity index (χ4n) is 3.51. The van der Waals surface area contributed by atoms with E-state index in [1.165, 1.54) is 30.5 Å². The van der Waals surface area contributed by atoms with Crippen LogP contribution in [0.2, 0.25) is 0 Å². The van der Waals surface area contributed by atoms with Gasteiger partial charge in [0.25, 0.3) is 0 Å². The number of carbonyl (C=O) groups excluding carboxylic acids is 1. The lowest BCUT2D eigenvalue weighted by Crippen LogP contribution is -2.45. The van der Waals surface area contributed by atoms with Gasteiger partial charge in [0, 0.05) is 25.3 Å². The molecular formula is C17H25N3O. The Bertz CT molecular complexity index is 497. The highest BCUT2D eigenvalue weighted by Crippen LogP contribution is 2.32. The van der Waals surface area contributed by atoms with Gasteiger partial charge in [-0.25, -0.2) is 4.79 Å². The standard InChI is InChI=1S/C17H25N3O/c1-20-12-11-15(14-9-5-6-10-16(14)20)19-17(21)18-13-7-3-2-4-8-13/h5-6,9-10,13,15H,2-4,7-8,11-12H2,1H3,(H2,18,19,21). The zero-order valence-electron chi connectivity index (χ0n) is 12.8. The molecule has 1 aromatic carbocycles. The van der Waals surface area contributed by atoms with Crippen molar-refractivity contribution in [3.8, 4) is 0 Å². The summed E-state index contributed by atoms with van der Waals surface area (Å²) in [5.74, 6) is 0. The average Bonchev–Trinajstić information content (AvgIpc) is 2.51. The number of amides is 2.